The van der Waals surface area contributed by atoms with Crippen molar-refractivity contribution < 1.29 is 0 Å². The maximum absolute atomic E-state index is 4.34. The molecule has 0 aliphatic heterocycles. The fourth-order valence-electron chi connectivity index (χ4n) is 1.36. The van der Waals surface area contributed by atoms with E-state index >= 15 is 0 Å². The average molecular weight is 203 g/mol. The molecule has 0 aromatic carbocycles. The molecule has 2 heterocycles. The Hall–Kier alpha value is -1.91. The normalized spacial score (nSPS) is 10.3. The highest BCUT2D eigenvalue weighted by molar-refractivity contribution is 5.55. The highest BCUT2D eigenvalue weighted by Crippen LogP contribution is 2.16. The van der Waals surface area contributed by atoms with Crippen molar-refractivity contribution >= 4 is 5.95 Å². The lowest BCUT2D eigenvalue weighted by molar-refractivity contribution is 0.769. The Morgan fingerprint density at radius 2 is 2.07 bits per heavy atom. The number of hydrogen-bond acceptors (Lipinski definition) is 4. The summed E-state index contributed by atoms with van der Waals surface area (Å²) in [6.07, 6.45) is 1.89. The van der Waals surface area contributed by atoms with Crippen molar-refractivity contribution in [3.8, 4) is 11.4 Å². The Kier molecular flexibility index (Phi) is 2.37. The second-order valence-corrected chi connectivity index (χ2v) is 3.34. The van der Waals surface area contributed by atoms with E-state index in [0.29, 0.717) is 5.95 Å². The summed E-state index contributed by atoms with van der Waals surface area (Å²) in [7, 11) is 3.69. The monoisotopic (exact) mass is 203 g/mol. The zero-order valence-electron chi connectivity index (χ0n) is 9.02. The molecule has 0 unspecified atom stereocenters. The van der Waals surface area contributed by atoms with Crippen LogP contribution in [0.3, 0.4) is 0 Å². The predicted molar refractivity (Wildman–Crippen MR) is 58.5 cm³/mol. The van der Waals surface area contributed by atoms with E-state index in [9.17, 15) is 0 Å². The fraction of sp³-hybridized carbons (Fsp3) is 0.300. The summed E-state index contributed by atoms with van der Waals surface area (Å²) in [6, 6.07) is 3.85. The Morgan fingerprint density at radius 1 is 1.27 bits per heavy atom. The number of aromatic nitrogens is 4. The Bertz CT molecular complexity index is 474. The number of hydrogen-bond donors (Lipinski definition) is 1. The van der Waals surface area contributed by atoms with Gasteiger partial charge in [-0.3, -0.25) is 4.68 Å². The van der Waals surface area contributed by atoms with E-state index in [1.54, 1.807) is 11.7 Å². The zero-order valence-corrected chi connectivity index (χ0v) is 9.02. The Balaban J connectivity index is 2.48. The molecule has 2 aromatic heterocycles. The van der Waals surface area contributed by atoms with Crippen LogP contribution in [0.2, 0.25) is 0 Å². The van der Waals surface area contributed by atoms with E-state index in [2.05, 4.69) is 20.4 Å². The minimum atomic E-state index is 0.621. The molecule has 78 valence electrons. The van der Waals surface area contributed by atoms with Gasteiger partial charge in [0, 0.05) is 26.0 Å². The lowest BCUT2D eigenvalue weighted by Crippen LogP contribution is -1.99. The van der Waals surface area contributed by atoms with Gasteiger partial charge in [-0.05, 0) is 19.1 Å². The van der Waals surface area contributed by atoms with Gasteiger partial charge >= 0.3 is 0 Å². The van der Waals surface area contributed by atoms with Gasteiger partial charge in [0.2, 0.25) is 5.95 Å². The van der Waals surface area contributed by atoms with E-state index in [4.69, 9.17) is 0 Å². The van der Waals surface area contributed by atoms with Gasteiger partial charge in [-0.25, -0.2) is 9.97 Å². The first-order valence-electron chi connectivity index (χ1n) is 4.72. The molecular weight excluding hydrogens is 190 g/mol. The summed E-state index contributed by atoms with van der Waals surface area (Å²) >= 11 is 0. The molecule has 0 amide bonds. The Morgan fingerprint density at radius 3 is 2.67 bits per heavy atom. The summed E-state index contributed by atoms with van der Waals surface area (Å²) < 4.78 is 1.76. The van der Waals surface area contributed by atoms with Gasteiger partial charge in [0.05, 0.1) is 5.69 Å². The Labute approximate surface area is 88.2 Å². The van der Waals surface area contributed by atoms with Gasteiger partial charge in [0.1, 0.15) is 5.69 Å². The van der Waals surface area contributed by atoms with E-state index in [0.717, 1.165) is 17.1 Å². The molecule has 5 nitrogen and oxygen atoms in total. The molecule has 0 aliphatic carbocycles. The van der Waals surface area contributed by atoms with Crippen molar-refractivity contribution in [2.24, 2.45) is 7.05 Å². The highest BCUT2D eigenvalue weighted by Gasteiger charge is 2.05. The first-order valence-corrected chi connectivity index (χ1v) is 4.72. The predicted octanol–water partition coefficient (Wildman–Crippen LogP) is 1.23. The van der Waals surface area contributed by atoms with E-state index in [1.165, 1.54) is 0 Å². The molecule has 1 N–H and O–H groups in total. The quantitative estimate of drug-likeness (QED) is 0.797. The average Bonchev–Trinajstić information content (AvgIpc) is 2.64. The van der Waals surface area contributed by atoms with Gasteiger partial charge in [-0.1, -0.05) is 0 Å². The molecule has 5 heteroatoms. The summed E-state index contributed by atoms with van der Waals surface area (Å²) in [4.78, 5) is 8.57. The van der Waals surface area contributed by atoms with Crippen molar-refractivity contribution in [3.05, 3.63) is 24.0 Å². The minimum Gasteiger partial charge on any atom is -0.357 e. The topological polar surface area (TPSA) is 55.6 Å². The smallest absolute Gasteiger partial charge is 0.223 e. The second-order valence-electron chi connectivity index (χ2n) is 3.34. The lowest BCUT2D eigenvalue weighted by Gasteiger charge is -2.02. The summed E-state index contributed by atoms with van der Waals surface area (Å²) in [5.41, 5.74) is 2.63. The third kappa shape index (κ3) is 1.96. The molecule has 0 radical (unpaired) electrons. The second kappa shape index (κ2) is 3.68. The number of nitrogens with one attached hydrogen (secondary N) is 1. The zero-order chi connectivity index (χ0) is 10.8. The minimum absolute atomic E-state index is 0.621. The van der Waals surface area contributed by atoms with Crippen LogP contribution in [0, 0.1) is 6.92 Å². The lowest BCUT2D eigenvalue weighted by atomic mass is 10.2. The maximum Gasteiger partial charge on any atom is 0.223 e. The van der Waals surface area contributed by atoms with Crippen LogP contribution in [-0.2, 0) is 7.05 Å². The standard InChI is InChI=1S/C10H13N5/c1-7-6-9(13-10(11-2)12-7)8-4-5-15(3)14-8/h4-6H,1-3H3,(H,11,12,13). The van der Waals surface area contributed by atoms with Crippen molar-refractivity contribution in [2.75, 3.05) is 12.4 Å². The van der Waals surface area contributed by atoms with Crippen LogP contribution in [0.15, 0.2) is 18.3 Å². The van der Waals surface area contributed by atoms with Crippen molar-refractivity contribution in [1.29, 1.82) is 0 Å². The van der Waals surface area contributed by atoms with Gasteiger partial charge in [0.25, 0.3) is 0 Å². The van der Waals surface area contributed by atoms with Crippen molar-refractivity contribution in [2.45, 2.75) is 6.92 Å². The van der Waals surface area contributed by atoms with Crippen LogP contribution in [0.4, 0.5) is 5.95 Å². The number of anilines is 1. The van der Waals surface area contributed by atoms with Crippen LogP contribution in [0.25, 0.3) is 11.4 Å². The molecule has 0 atom stereocenters. The van der Waals surface area contributed by atoms with Gasteiger partial charge < -0.3 is 5.32 Å². The van der Waals surface area contributed by atoms with Crippen molar-refractivity contribution in [3.63, 3.8) is 0 Å². The van der Waals surface area contributed by atoms with Crippen molar-refractivity contribution in [1.82, 2.24) is 19.7 Å². The highest BCUT2D eigenvalue weighted by atomic mass is 15.3. The third-order valence-corrected chi connectivity index (χ3v) is 2.05. The number of rotatable bonds is 2. The van der Waals surface area contributed by atoms with E-state index in [-0.39, 0.29) is 0 Å². The molecule has 15 heavy (non-hydrogen) atoms. The number of aryl methyl sites for hydroxylation is 2. The van der Waals surface area contributed by atoms with E-state index < -0.39 is 0 Å². The molecule has 0 aliphatic rings. The first-order chi connectivity index (χ1) is 7.19. The van der Waals surface area contributed by atoms with Crippen LogP contribution in [0.1, 0.15) is 5.69 Å². The van der Waals surface area contributed by atoms with Crippen LogP contribution < -0.4 is 5.32 Å². The SMILES string of the molecule is CNc1nc(C)cc(-c2ccn(C)n2)n1. The summed E-state index contributed by atoms with van der Waals surface area (Å²) in [6.45, 7) is 1.94. The number of nitrogens with zero attached hydrogens (tertiary/aromatic N) is 4. The molecule has 0 saturated heterocycles. The van der Waals surface area contributed by atoms with Crippen LogP contribution in [0.5, 0.6) is 0 Å². The molecule has 2 aromatic rings. The third-order valence-electron chi connectivity index (χ3n) is 2.05. The maximum atomic E-state index is 4.34. The molecule has 0 bridgehead atoms. The molecule has 2 rings (SSSR count). The molecule has 0 spiro atoms. The molecule has 0 saturated carbocycles. The van der Waals surface area contributed by atoms with E-state index in [1.807, 2.05) is 32.3 Å². The van der Waals surface area contributed by atoms with Gasteiger partial charge in [-0.15, -0.1) is 0 Å². The molecular formula is C10H13N5. The molecule has 0 fully saturated rings. The first kappa shape index (κ1) is 9.64. The fourth-order valence-corrected chi connectivity index (χ4v) is 1.36. The summed E-state index contributed by atoms with van der Waals surface area (Å²) in [5.74, 6) is 0.621. The van der Waals surface area contributed by atoms with Gasteiger partial charge in [-0.2, -0.15) is 5.10 Å². The largest absolute Gasteiger partial charge is 0.357 e. The summed E-state index contributed by atoms with van der Waals surface area (Å²) in [5, 5.41) is 7.22. The van der Waals surface area contributed by atoms with Crippen LogP contribution in [-0.4, -0.2) is 26.8 Å². The van der Waals surface area contributed by atoms with Gasteiger partial charge in [0.15, 0.2) is 0 Å². The van der Waals surface area contributed by atoms with Crippen LogP contribution >= 0.6 is 0 Å².